The summed E-state index contributed by atoms with van der Waals surface area (Å²) in [5.41, 5.74) is 1.14. The van der Waals surface area contributed by atoms with Gasteiger partial charge in [0.2, 0.25) is 0 Å². The molecule has 1 amide bonds. The predicted molar refractivity (Wildman–Crippen MR) is 107 cm³/mol. The standard InChI is InChI=1S/C20H17ClN4O3/c21-18-7-6-15(13-19(18)25(27)28)12-16(14-22)20(26)24-10-8-23(9-11-24)17-4-2-1-3-5-17/h1-7,12-13H,8-11H2/b16-12-. The molecule has 142 valence electrons. The molecular formula is C20H17ClN4O3. The Bertz CT molecular complexity index is 961. The first-order valence-electron chi connectivity index (χ1n) is 8.64. The molecule has 2 aromatic rings. The predicted octanol–water partition coefficient (Wildman–Crippen LogP) is 3.50. The summed E-state index contributed by atoms with van der Waals surface area (Å²) in [5.74, 6) is -0.382. The van der Waals surface area contributed by atoms with Gasteiger partial charge in [-0.2, -0.15) is 5.26 Å². The third-order valence-electron chi connectivity index (χ3n) is 4.52. The van der Waals surface area contributed by atoms with E-state index in [0.29, 0.717) is 31.7 Å². The summed E-state index contributed by atoms with van der Waals surface area (Å²) < 4.78 is 0. The summed E-state index contributed by atoms with van der Waals surface area (Å²) in [6, 6.07) is 16.0. The maximum atomic E-state index is 12.7. The van der Waals surface area contributed by atoms with Gasteiger partial charge in [0.1, 0.15) is 16.7 Å². The van der Waals surface area contributed by atoms with E-state index in [9.17, 15) is 20.2 Å². The SMILES string of the molecule is N#C/C(=C/c1ccc(Cl)c([N+](=O)[O-])c1)C(=O)N1CCN(c2ccccc2)CC1. The molecule has 0 aromatic heterocycles. The molecule has 8 heteroatoms. The van der Waals surface area contributed by atoms with E-state index in [0.717, 1.165) is 5.69 Å². The van der Waals surface area contributed by atoms with Gasteiger partial charge in [-0.1, -0.05) is 35.9 Å². The second kappa shape index (κ2) is 8.55. The number of halogens is 1. The molecule has 0 atom stereocenters. The number of anilines is 1. The van der Waals surface area contributed by atoms with Gasteiger partial charge in [-0.3, -0.25) is 14.9 Å². The number of nitro benzene ring substituents is 1. The molecule has 1 aliphatic heterocycles. The largest absolute Gasteiger partial charge is 0.368 e. The third-order valence-corrected chi connectivity index (χ3v) is 4.84. The average molecular weight is 397 g/mol. The van der Waals surface area contributed by atoms with Gasteiger partial charge in [0.25, 0.3) is 11.6 Å². The number of rotatable bonds is 4. The molecule has 0 saturated carbocycles. The van der Waals surface area contributed by atoms with Crippen LogP contribution < -0.4 is 4.90 Å². The van der Waals surface area contributed by atoms with E-state index in [1.807, 2.05) is 36.4 Å². The number of para-hydroxylation sites is 1. The van der Waals surface area contributed by atoms with E-state index in [4.69, 9.17) is 11.6 Å². The highest BCUT2D eigenvalue weighted by Crippen LogP contribution is 2.26. The number of nitrogens with zero attached hydrogens (tertiary/aromatic N) is 4. The highest BCUT2D eigenvalue weighted by molar-refractivity contribution is 6.32. The van der Waals surface area contributed by atoms with Crippen LogP contribution in [-0.4, -0.2) is 41.9 Å². The minimum Gasteiger partial charge on any atom is -0.368 e. The van der Waals surface area contributed by atoms with Crippen molar-refractivity contribution in [3.05, 3.63) is 74.8 Å². The van der Waals surface area contributed by atoms with Crippen LogP contribution in [0.25, 0.3) is 6.08 Å². The van der Waals surface area contributed by atoms with E-state index in [1.54, 1.807) is 4.90 Å². The molecule has 1 aliphatic rings. The van der Waals surface area contributed by atoms with Crippen molar-refractivity contribution in [1.82, 2.24) is 4.90 Å². The highest BCUT2D eigenvalue weighted by Gasteiger charge is 2.24. The van der Waals surface area contributed by atoms with Crippen molar-refractivity contribution in [2.75, 3.05) is 31.1 Å². The fourth-order valence-corrected chi connectivity index (χ4v) is 3.23. The average Bonchev–Trinajstić information content (AvgIpc) is 2.73. The van der Waals surface area contributed by atoms with Crippen LogP contribution in [0.5, 0.6) is 0 Å². The van der Waals surface area contributed by atoms with Crippen molar-refractivity contribution < 1.29 is 9.72 Å². The second-order valence-corrected chi connectivity index (χ2v) is 6.66. The molecule has 3 rings (SSSR count). The molecule has 0 radical (unpaired) electrons. The number of hydrogen-bond acceptors (Lipinski definition) is 5. The molecule has 0 bridgehead atoms. The van der Waals surface area contributed by atoms with Gasteiger partial charge in [0.05, 0.1) is 4.92 Å². The lowest BCUT2D eigenvalue weighted by molar-refractivity contribution is -0.384. The second-order valence-electron chi connectivity index (χ2n) is 6.25. The van der Waals surface area contributed by atoms with Crippen molar-refractivity contribution in [2.45, 2.75) is 0 Å². The Labute approximate surface area is 167 Å². The Kier molecular flexibility index (Phi) is 5.92. The summed E-state index contributed by atoms with van der Waals surface area (Å²) >= 11 is 5.80. The van der Waals surface area contributed by atoms with Crippen LogP contribution in [0.3, 0.4) is 0 Å². The van der Waals surface area contributed by atoms with Crippen LogP contribution >= 0.6 is 11.6 Å². The number of benzene rings is 2. The monoisotopic (exact) mass is 396 g/mol. The van der Waals surface area contributed by atoms with Crippen LogP contribution in [0.4, 0.5) is 11.4 Å². The zero-order chi connectivity index (χ0) is 20.1. The topological polar surface area (TPSA) is 90.5 Å². The van der Waals surface area contributed by atoms with Crippen LogP contribution in [0, 0.1) is 21.4 Å². The number of carbonyl (C=O) groups excluding carboxylic acids is 1. The number of hydrogen-bond donors (Lipinski definition) is 0. The first kappa shape index (κ1) is 19.4. The minimum atomic E-state index is -0.601. The van der Waals surface area contributed by atoms with Crippen molar-refractivity contribution in [3.8, 4) is 6.07 Å². The lowest BCUT2D eigenvalue weighted by Gasteiger charge is -2.36. The Morgan fingerprint density at radius 2 is 1.82 bits per heavy atom. The summed E-state index contributed by atoms with van der Waals surface area (Å²) in [5, 5.41) is 20.4. The molecule has 1 saturated heterocycles. The number of carbonyl (C=O) groups is 1. The summed E-state index contributed by atoms with van der Waals surface area (Å²) in [6.07, 6.45) is 1.36. The third kappa shape index (κ3) is 4.30. The van der Waals surface area contributed by atoms with Crippen LogP contribution in [-0.2, 0) is 4.79 Å². The Morgan fingerprint density at radius 3 is 2.43 bits per heavy atom. The van der Waals surface area contributed by atoms with Crippen molar-refractivity contribution in [1.29, 1.82) is 5.26 Å². The summed E-state index contributed by atoms with van der Waals surface area (Å²) in [7, 11) is 0. The van der Waals surface area contributed by atoms with Crippen LogP contribution in [0.1, 0.15) is 5.56 Å². The lowest BCUT2D eigenvalue weighted by Crippen LogP contribution is -2.49. The Morgan fingerprint density at radius 1 is 1.14 bits per heavy atom. The molecule has 7 nitrogen and oxygen atoms in total. The van der Waals surface area contributed by atoms with Gasteiger partial charge in [0.15, 0.2) is 0 Å². The molecule has 28 heavy (non-hydrogen) atoms. The number of nitriles is 1. The quantitative estimate of drug-likeness (QED) is 0.341. The van der Waals surface area contributed by atoms with Crippen LogP contribution in [0.15, 0.2) is 54.1 Å². The highest BCUT2D eigenvalue weighted by atomic mass is 35.5. The Hall–Kier alpha value is -3.37. The van der Waals surface area contributed by atoms with Gasteiger partial charge in [-0.05, 0) is 29.8 Å². The number of amides is 1. The van der Waals surface area contributed by atoms with Crippen LogP contribution in [0.2, 0.25) is 5.02 Å². The van der Waals surface area contributed by atoms with Crippen molar-refractivity contribution in [2.24, 2.45) is 0 Å². The molecule has 2 aromatic carbocycles. The maximum Gasteiger partial charge on any atom is 0.288 e. The van der Waals surface area contributed by atoms with Crippen molar-refractivity contribution in [3.63, 3.8) is 0 Å². The summed E-state index contributed by atoms with van der Waals surface area (Å²) in [6.45, 7) is 2.32. The van der Waals surface area contributed by atoms with Gasteiger partial charge < -0.3 is 9.80 Å². The lowest BCUT2D eigenvalue weighted by atomic mass is 10.1. The smallest absolute Gasteiger partial charge is 0.288 e. The molecule has 1 heterocycles. The van der Waals surface area contributed by atoms with Gasteiger partial charge in [-0.25, -0.2) is 0 Å². The fourth-order valence-electron chi connectivity index (χ4n) is 3.04. The zero-order valence-corrected chi connectivity index (χ0v) is 15.7. The molecule has 0 N–H and O–H groups in total. The molecule has 0 spiro atoms. The molecule has 0 aliphatic carbocycles. The van der Waals surface area contributed by atoms with E-state index < -0.39 is 4.92 Å². The van der Waals surface area contributed by atoms with E-state index >= 15 is 0 Å². The first-order valence-corrected chi connectivity index (χ1v) is 9.02. The first-order chi connectivity index (χ1) is 13.5. The number of nitro groups is 1. The molecule has 0 unspecified atom stereocenters. The van der Waals surface area contributed by atoms with Crippen molar-refractivity contribution >= 4 is 35.0 Å². The molecule has 1 fully saturated rings. The van der Waals surface area contributed by atoms with Gasteiger partial charge in [-0.15, -0.1) is 0 Å². The summed E-state index contributed by atoms with van der Waals surface area (Å²) in [4.78, 5) is 26.9. The van der Waals surface area contributed by atoms with E-state index in [2.05, 4.69) is 4.90 Å². The zero-order valence-electron chi connectivity index (χ0n) is 14.9. The fraction of sp³-hybridized carbons (Fsp3) is 0.200. The van der Waals surface area contributed by atoms with E-state index in [1.165, 1.54) is 24.3 Å². The van der Waals surface area contributed by atoms with E-state index in [-0.39, 0.29) is 22.2 Å². The minimum absolute atomic E-state index is 0.00372. The van der Waals surface area contributed by atoms with Gasteiger partial charge in [0, 0.05) is 37.9 Å². The maximum absolute atomic E-state index is 12.7. The normalized spacial score (nSPS) is 14.5. The Balaban J connectivity index is 1.72. The molecular weight excluding hydrogens is 380 g/mol. The van der Waals surface area contributed by atoms with Gasteiger partial charge >= 0.3 is 0 Å². The number of piperazine rings is 1.